The lowest BCUT2D eigenvalue weighted by atomic mass is 10.0. The quantitative estimate of drug-likeness (QED) is 0.405. The second-order valence-electron chi connectivity index (χ2n) is 7.70. The number of anilines is 1. The minimum atomic E-state index is -0.733. The van der Waals surface area contributed by atoms with E-state index >= 15 is 0 Å². The van der Waals surface area contributed by atoms with Crippen molar-refractivity contribution in [3.05, 3.63) is 59.6 Å². The summed E-state index contributed by atoms with van der Waals surface area (Å²) in [6.45, 7) is 2.45. The van der Waals surface area contributed by atoms with Crippen LogP contribution in [-0.4, -0.2) is 41.0 Å². The van der Waals surface area contributed by atoms with E-state index in [9.17, 15) is 9.59 Å². The molecular weight excluding hydrogens is 440 g/mol. The number of hydrogen-bond acceptors (Lipinski definition) is 6. The minimum absolute atomic E-state index is 0.272. The van der Waals surface area contributed by atoms with E-state index in [4.69, 9.17) is 9.47 Å². The first-order chi connectivity index (χ1) is 16.1. The van der Waals surface area contributed by atoms with Crippen LogP contribution in [0.4, 0.5) is 5.13 Å². The number of aromatic amines is 1. The van der Waals surface area contributed by atoms with Gasteiger partial charge in [0.05, 0.1) is 5.69 Å². The molecule has 0 saturated carbocycles. The third-order valence-corrected chi connectivity index (χ3v) is 6.12. The lowest BCUT2D eigenvalue weighted by molar-refractivity contribution is -0.125. The van der Waals surface area contributed by atoms with Gasteiger partial charge in [-0.15, -0.1) is 11.3 Å². The van der Waals surface area contributed by atoms with Gasteiger partial charge in [-0.2, -0.15) is 0 Å². The van der Waals surface area contributed by atoms with E-state index < -0.39 is 6.04 Å². The summed E-state index contributed by atoms with van der Waals surface area (Å²) in [5, 5.41) is 8.96. The van der Waals surface area contributed by atoms with E-state index in [0.29, 0.717) is 36.3 Å². The van der Waals surface area contributed by atoms with Crippen LogP contribution in [0.1, 0.15) is 12.5 Å². The molecule has 4 aromatic rings. The standard InChI is InChI=1S/C24H22N4O4S/c1-14(29)26-19(10-16-12-25-18-5-3-2-4-17(16)18)23(30)28-24-27-20(13-33-24)15-6-7-21-22(11-15)32-9-8-31-21/h2-7,11-13,19,25H,8-10H2,1H3,(H,26,29)(H,27,28,30). The van der Waals surface area contributed by atoms with Gasteiger partial charge in [-0.05, 0) is 29.8 Å². The summed E-state index contributed by atoms with van der Waals surface area (Å²) in [6, 6.07) is 12.8. The molecule has 9 heteroatoms. The van der Waals surface area contributed by atoms with Crippen LogP contribution in [0.25, 0.3) is 22.2 Å². The second kappa shape index (κ2) is 8.95. The second-order valence-corrected chi connectivity index (χ2v) is 8.56. The van der Waals surface area contributed by atoms with Gasteiger partial charge in [-0.1, -0.05) is 18.2 Å². The van der Waals surface area contributed by atoms with Gasteiger partial charge in [-0.3, -0.25) is 9.59 Å². The number of carbonyl (C=O) groups excluding carboxylic acids is 2. The summed E-state index contributed by atoms with van der Waals surface area (Å²) >= 11 is 1.32. The highest BCUT2D eigenvalue weighted by molar-refractivity contribution is 7.14. The van der Waals surface area contributed by atoms with Crippen molar-refractivity contribution in [1.29, 1.82) is 0 Å². The van der Waals surface area contributed by atoms with Crippen molar-refractivity contribution < 1.29 is 19.1 Å². The molecule has 2 aromatic carbocycles. The maximum Gasteiger partial charge on any atom is 0.249 e. The van der Waals surface area contributed by atoms with Gasteiger partial charge >= 0.3 is 0 Å². The van der Waals surface area contributed by atoms with Crippen molar-refractivity contribution in [2.24, 2.45) is 0 Å². The fourth-order valence-corrected chi connectivity index (χ4v) is 4.56. The Morgan fingerprint density at radius 2 is 1.97 bits per heavy atom. The van der Waals surface area contributed by atoms with Crippen molar-refractivity contribution in [3.8, 4) is 22.8 Å². The summed E-state index contributed by atoms with van der Waals surface area (Å²) in [4.78, 5) is 32.6. The highest BCUT2D eigenvalue weighted by atomic mass is 32.1. The number of aromatic nitrogens is 2. The molecule has 2 aromatic heterocycles. The van der Waals surface area contributed by atoms with Gasteiger partial charge in [0.2, 0.25) is 11.8 Å². The highest BCUT2D eigenvalue weighted by Gasteiger charge is 2.23. The van der Waals surface area contributed by atoms with Crippen LogP contribution in [0.3, 0.4) is 0 Å². The van der Waals surface area contributed by atoms with Crippen molar-refractivity contribution >= 4 is 39.2 Å². The van der Waals surface area contributed by atoms with E-state index in [0.717, 1.165) is 27.7 Å². The predicted octanol–water partition coefficient (Wildman–Crippen LogP) is 3.75. The molecule has 0 fully saturated rings. The average Bonchev–Trinajstić information content (AvgIpc) is 3.45. The summed E-state index contributed by atoms with van der Waals surface area (Å²) < 4.78 is 11.2. The lowest BCUT2D eigenvalue weighted by Gasteiger charge is -2.18. The molecule has 5 rings (SSSR count). The number of nitrogens with zero attached hydrogens (tertiary/aromatic N) is 1. The van der Waals surface area contributed by atoms with Gasteiger partial charge in [0.25, 0.3) is 0 Å². The summed E-state index contributed by atoms with van der Waals surface area (Å²) in [5.74, 6) is 0.802. The number of para-hydroxylation sites is 1. The number of thiazole rings is 1. The van der Waals surface area contributed by atoms with E-state index in [2.05, 4.69) is 20.6 Å². The fraction of sp³-hybridized carbons (Fsp3) is 0.208. The number of carbonyl (C=O) groups is 2. The molecular formula is C24H22N4O4S. The number of nitrogens with one attached hydrogen (secondary N) is 3. The van der Waals surface area contributed by atoms with Crippen LogP contribution in [0.2, 0.25) is 0 Å². The van der Waals surface area contributed by atoms with Crippen LogP contribution in [0, 0.1) is 0 Å². The van der Waals surface area contributed by atoms with E-state index in [1.807, 2.05) is 54.0 Å². The molecule has 1 aliphatic rings. The largest absolute Gasteiger partial charge is 0.486 e. The molecule has 0 bridgehead atoms. The molecule has 8 nitrogen and oxygen atoms in total. The van der Waals surface area contributed by atoms with Crippen LogP contribution < -0.4 is 20.1 Å². The highest BCUT2D eigenvalue weighted by Crippen LogP contribution is 2.35. The molecule has 168 valence electrons. The third-order valence-electron chi connectivity index (χ3n) is 5.37. The Kier molecular flexibility index (Phi) is 5.70. The maximum atomic E-state index is 13.0. The lowest BCUT2D eigenvalue weighted by Crippen LogP contribution is -2.44. The number of ether oxygens (including phenoxy) is 2. The molecule has 1 aliphatic heterocycles. The van der Waals surface area contributed by atoms with Gasteiger partial charge in [0.15, 0.2) is 16.6 Å². The van der Waals surface area contributed by atoms with Crippen LogP contribution in [0.15, 0.2) is 54.0 Å². The molecule has 33 heavy (non-hydrogen) atoms. The summed E-state index contributed by atoms with van der Waals surface area (Å²) in [5.41, 5.74) is 3.53. The van der Waals surface area contributed by atoms with Crippen molar-refractivity contribution in [3.63, 3.8) is 0 Å². The van der Waals surface area contributed by atoms with Crippen LogP contribution in [0.5, 0.6) is 11.5 Å². The predicted molar refractivity (Wildman–Crippen MR) is 127 cm³/mol. The molecule has 2 amide bonds. The Morgan fingerprint density at radius 3 is 2.82 bits per heavy atom. The summed E-state index contributed by atoms with van der Waals surface area (Å²) in [6.07, 6.45) is 2.23. The van der Waals surface area contributed by atoms with Gasteiger partial charge in [0.1, 0.15) is 19.3 Å². The van der Waals surface area contributed by atoms with Crippen LogP contribution >= 0.6 is 11.3 Å². The minimum Gasteiger partial charge on any atom is -0.486 e. The zero-order valence-corrected chi connectivity index (χ0v) is 18.7. The fourth-order valence-electron chi connectivity index (χ4n) is 3.83. The molecule has 1 atom stereocenters. The SMILES string of the molecule is CC(=O)NC(Cc1c[nH]c2ccccc12)C(=O)Nc1nc(-c2ccc3c(c2)OCCO3)cs1. The van der Waals surface area contributed by atoms with E-state index in [-0.39, 0.29) is 11.8 Å². The molecule has 0 spiro atoms. The zero-order chi connectivity index (χ0) is 22.8. The Balaban J connectivity index is 1.32. The van der Waals surface area contributed by atoms with Gasteiger partial charge in [-0.25, -0.2) is 4.98 Å². The average molecular weight is 463 g/mol. The van der Waals surface area contributed by atoms with Gasteiger partial charge < -0.3 is 25.1 Å². The molecule has 0 radical (unpaired) electrons. The molecule has 3 heterocycles. The first kappa shape index (κ1) is 21.0. The zero-order valence-electron chi connectivity index (χ0n) is 17.9. The first-order valence-electron chi connectivity index (χ1n) is 10.6. The number of H-pyrrole nitrogens is 1. The van der Waals surface area contributed by atoms with E-state index in [1.54, 1.807) is 0 Å². The smallest absolute Gasteiger partial charge is 0.249 e. The normalized spacial score (nSPS) is 13.5. The van der Waals surface area contributed by atoms with Crippen molar-refractivity contribution in [2.45, 2.75) is 19.4 Å². The third kappa shape index (κ3) is 4.54. The number of benzene rings is 2. The molecule has 0 saturated heterocycles. The topological polar surface area (TPSA) is 105 Å². The number of amides is 2. The van der Waals surface area contributed by atoms with Crippen molar-refractivity contribution in [1.82, 2.24) is 15.3 Å². The molecule has 3 N–H and O–H groups in total. The number of rotatable bonds is 6. The Labute approximate surface area is 193 Å². The van der Waals surface area contributed by atoms with E-state index in [1.165, 1.54) is 18.3 Å². The first-order valence-corrected chi connectivity index (χ1v) is 11.4. The Morgan fingerprint density at radius 1 is 1.15 bits per heavy atom. The maximum absolute atomic E-state index is 13.0. The Bertz CT molecular complexity index is 1330. The molecule has 0 aliphatic carbocycles. The van der Waals surface area contributed by atoms with Gasteiger partial charge in [0, 0.05) is 41.4 Å². The molecule has 1 unspecified atom stereocenters. The summed E-state index contributed by atoms with van der Waals surface area (Å²) in [7, 11) is 0. The number of fused-ring (bicyclic) bond motifs is 2. The monoisotopic (exact) mass is 462 g/mol. The Hall–Kier alpha value is -3.85. The number of hydrogen-bond donors (Lipinski definition) is 3. The van der Waals surface area contributed by atoms with Crippen molar-refractivity contribution in [2.75, 3.05) is 18.5 Å². The van der Waals surface area contributed by atoms with Crippen LogP contribution in [-0.2, 0) is 16.0 Å².